The van der Waals surface area contributed by atoms with E-state index >= 15 is 0 Å². The lowest BCUT2D eigenvalue weighted by Gasteiger charge is -2.25. The fourth-order valence-electron chi connectivity index (χ4n) is 2.25. The topological polar surface area (TPSA) is 82.8 Å². The van der Waals surface area contributed by atoms with Gasteiger partial charge in [-0.1, -0.05) is 0 Å². The molecule has 0 radical (unpaired) electrons. The lowest BCUT2D eigenvalue weighted by atomic mass is 10.3. The highest BCUT2D eigenvalue weighted by atomic mass is 16.4. The van der Waals surface area contributed by atoms with E-state index in [0.717, 1.165) is 26.2 Å². The van der Waals surface area contributed by atoms with Gasteiger partial charge in [-0.25, -0.2) is 14.3 Å². The molecule has 0 atom stereocenters. The lowest BCUT2D eigenvalue weighted by Crippen LogP contribution is -2.43. The maximum Gasteiger partial charge on any atom is 0.339 e. The van der Waals surface area contributed by atoms with Gasteiger partial charge in [-0.3, -0.25) is 4.90 Å². The summed E-state index contributed by atoms with van der Waals surface area (Å²) in [7, 11) is 0. The van der Waals surface area contributed by atoms with Gasteiger partial charge in [0.2, 0.25) is 0 Å². The molecule has 3 heterocycles. The molecule has 0 bridgehead atoms. The smallest absolute Gasteiger partial charge is 0.339 e. The largest absolute Gasteiger partial charge is 0.478 e. The number of carboxylic acids is 1. The van der Waals surface area contributed by atoms with E-state index in [-0.39, 0.29) is 5.56 Å². The van der Waals surface area contributed by atoms with Crippen LogP contribution in [0.15, 0.2) is 18.3 Å². The Labute approximate surface area is 109 Å². The van der Waals surface area contributed by atoms with Crippen molar-refractivity contribution in [1.82, 2.24) is 24.8 Å². The Hall–Kier alpha value is -1.99. The van der Waals surface area contributed by atoms with E-state index in [1.807, 2.05) is 0 Å². The first-order valence-corrected chi connectivity index (χ1v) is 6.25. The number of aromatic carboxylic acids is 1. The average molecular weight is 261 g/mol. The number of pyridine rings is 1. The van der Waals surface area contributed by atoms with Crippen molar-refractivity contribution in [2.75, 3.05) is 26.2 Å². The van der Waals surface area contributed by atoms with Crippen LogP contribution >= 0.6 is 0 Å². The van der Waals surface area contributed by atoms with Crippen LogP contribution in [-0.2, 0) is 6.54 Å². The highest BCUT2D eigenvalue weighted by Crippen LogP contribution is 2.10. The fraction of sp³-hybridized carbons (Fsp3) is 0.417. The van der Waals surface area contributed by atoms with Gasteiger partial charge in [0.25, 0.3) is 0 Å². The molecule has 7 heteroatoms. The predicted molar refractivity (Wildman–Crippen MR) is 68.1 cm³/mol. The molecular formula is C12H15N5O2. The minimum absolute atomic E-state index is 0.182. The third-order valence-corrected chi connectivity index (χ3v) is 3.21. The number of aromatic nitrogens is 3. The molecule has 1 aliphatic rings. The number of carboxylic acid groups (broad SMARTS) is 1. The zero-order valence-electron chi connectivity index (χ0n) is 10.4. The van der Waals surface area contributed by atoms with Gasteiger partial charge in [0.1, 0.15) is 5.56 Å². The monoisotopic (exact) mass is 261 g/mol. The number of nitrogens with one attached hydrogen (secondary N) is 1. The molecule has 0 spiro atoms. The molecule has 19 heavy (non-hydrogen) atoms. The minimum Gasteiger partial charge on any atom is -0.478 e. The quantitative estimate of drug-likeness (QED) is 0.798. The Kier molecular flexibility index (Phi) is 3.14. The molecule has 0 saturated carbocycles. The normalized spacial score (nSPS) is 16.8. The van der Waals surface area contributed by atoms with E-state index in [0.29, 0.717) is 18.0 Å². The molecule has 1 fully saturated rings. The molecule has 2 aromatic heterocycles. The van der Waals surface area contributed by atoms with E-state index in [1.54, 1.807) is 18.3 Å². The van der Waals surface area contributed by atoms with Crippen LogP contribution in [0.25, 0.3) is 5.65 Å². The Bertz CT molecular complexity index is 603. The number of hydrogen-bond acceptors (Lipinski definition) is 5. The van der Waals surface area contributed by atoms with Crippen molar-refractivity contribution in [3.05, 3.63) is 29.7 Å². The van der Waals surface area contributed by atoms with Gasteiger partial charge in [-0.15, -0.1) is 5.10 Å². The van der Waals surface area contributed by atoms with Crippen LogP contribution < -0.4 is 5.32 Å². The highest BCUT2D eigenvalue weighted by Gasteiger charge is 2.16. The number of nitrogens with zero attached hydrogens (tertiary/aromatic N) is 4. The zero-order chi connectivity index (χ0) is 13.2. The number of piperazine rings is 1. The van der Waals surface area contributed by atoms with E-state index in [4.69, 9.17) is 5.11 Å². The Morgan fingerprint density at radius 3 is 2.95 bits per heavy atom. The number of carbonyl (C=O) groups is 1. The van der Waals surface area contributed by atoms with E-state index in [2.05, 4.69) is 20.3 Å². The van der Waals surface area contributed by atoms with Crippen LogP contribution in [0.3, 0.4) is 0 Å². The average Bonchev–Trinajstić information content (AvgIpc) is 2.81. The molecule has 3 rings (SSSR count). The molecule has 2 N–H and O–H groups in total. The summed E-state index contributed by atoms with van der Waals surface area (Å²) in [5.41, 5.74) is 0.585. The standard InChI is InChI=1S/C12H15N5O2/c18-12(19)9-2-1-5-17-11(9)14-10(15-17)8-16-6-3-13-4-7-16/h1-2,5,13H,3-4,6-8H2,(H,18,19). The Balaban J connectivity index is 1.88. The molecule has 100 valence electrons. The van der Waals surface area contributed by atoms with Gasteiger partial charge in [-0.05, 0) is 12.1 Å². The van der Waals surface area contributed by atoms with Crippen molar-refractivity contribution < 1.29 is 9.90 Å². The molecule has 0 aliphatic carbocycles. The summed E-state index contributed by atoms with van der Waals surface area (Å²) in [5, 5.41) is 16.7. The van der Waals surface area contributed by atoms with Crippen LogP contribution in [0.5, 0.6) is 0 Å². The SMILES string of the molecule is O=C(O)c1cccn2nc(CN3CCNCC3)nc12. The second-order valence-electron chi connectivity index (χ2n) is 4.55. The number of fused-ring (bicyclic) bond motifs is 1. The van der Waals surface area contributed by atoms with Crippen molar-refractivity contribution in [1.29, 1.82) is 0 Å². The van der Waals surface area contributed by atoms with Gasteiger partial charge in [0.15, 0.2) is 11.5 Å². The first-order chi connectivity index (χ1) is 9.24. The molecule has 0 unspecified atom stereocenters. The van der Waals surface area contributed by atoms with Crippen LogP contribution in [-0.4, -0.2) is 56.8 Å². The van der Waals surface area contributed by atoms with Crippen molar-refractivity contribution in [3.63, 3.8) is 0 Å². The molecule has 0 amide bonds. The maximum absolute atomic E-state index is 11.1. The third-order valence-electron chi connectivity index (χ3n) is 3.21. The number of rotatable bonds is 3. The van der Waals surface area contributed by atoms with Crippen LogP contribution in [0.2, 0.25) is 0 Å². The van der Waals surface area contributed by atoms with Gasteiger partial charge >= 0.3 is 5.97 Å². The minimum atomic E-state index is -0.980. The Morgan fingerprint density at radius 2 is 2.21 bits per heavy atom. The molecule has 0 aromatic carbocycles. The van der Waals surface area contributed by atoms with Crippen LogP contribution in [0, 0.1) is 0 Å². The van der Waals surface area contributed by atoms with Gasteiger partial charge in [0.05, 0.1) is 6.54 Å². The van der Waals surface area contributed by atoms with Gasteiger partial charge < -0.3 is 10.4 Å². The molecule has 1 saturated heterocycles. The summed E-state index contributed by atoms with van der Waals surface area (Å²) in [6, 6.07) is 3.21. The van der Waals surface area contributed by atoms with E-state index in [1.165, 1.54) is 4.52 Å². The fourth-order valence-corrected chi connectivity index (χ4v) is 2.25. The molecular weight excluding hydrogens is 246 g/mol. The van der Waals surface area contributed by atoms with Crippen molar-refractivity contribution >= 4 is 11.6 Å². The molecule has 7 nitrogen and oxygen atoms in total. The van der Waals surface area contributed by atoms with Crippen molar-refractivity contribution in [2.45, 2.75) is 6.54 Å². The van der Waals surface area contributed by atoms with Crippen LogP contribution in [0.1, 0.15) is 16.2 Å². The number of hydrogen-bond donors (Lipinski definition) is 2. The summed E-state index contributed by atoms with van der Waals surface area (Å²) in [6.45, 7) is 4.51. The second-order valence-corrected chi connectivity index (χ2v) is 4.55. The molecule has 2 aromatic rings. The maximum atomic E-state index is 11.1. The zero-order valence-corrected chi connectivity index (χ0v) is 10.4. The lowest BCUT2D eigenvalue weighted by molar-refractivity contribution is 0.0698. The predicted octanol–water partition coefficient (Wildman–Crippen LogP) is -0.167. The summed E-state index contributed by atoms with van der Waals surface area (Å²) in [4.78, 5) is 17.7. The summed E-state index contributed by atoms with van der Waals surface area (Å²) < 4.78 is 1.53. The Morgan fingerprint density at radius 1 is 1.42 bits per heavy atom. The summed E-state index contributed by atoms with van der Waals surface area (Å²) in [6.07, 6.45) is 1.72. The van der Waals surface area contributed by atoms with E-state index < -0.39 is 5.97 Å². The van der Waals surface area contributed by atoms with Crippen molar-refractivity contribution in [3.8, 4) is 0 Å². The second kappa shape index (κ2) is 4.94. The van der Waals surface area contributed by atoms with Crippen molar-refractivity contribution in [2.24, 2.45) is 0 Å². The van der Waals surface area contributed by atoms with Gasteiger partial charge in [0, 0.05) is 32.4 Å². The first-order valence-electron chi connectivity index (χ1n) is 6.25. The van der Waals surface area contributed by atoms with Crippen LogP contribution in [0.4, 0.5) is 0 Å². The highest BCUT2D eigenvalue weighted by molar-refractivity contribution is 5.94. The molecule has 1 aliphatic heterocycles. The first kappa shape index (κ1) is 12.1. The third kappa shape index (κ3) is 2.42. The summed E-state index contributed by atoms with van der Waals surface area (Å²) in [5.74, 6) is -0.317. The van der Waals surface area contributed by atoms with E-state index in [9.17, 15) is 4.79 Å². The van der Waals surface area contributed by atoms with Gasteiger partial charge in [-0.2, -0.15) is 0 Å². The summed E-state index contributed by atoms with van der Waals surface area (Å²) >= 11 is 0.